The molecule has 3 rings (SSSR count). The molecule has 1 fully saturated rings. The van der Waals surface area contributed by atoms with Gasteiger partial charge in [-0.05, 0) is 65.0 Å². The van der Waals surface area contributed by atoms with Gasteiger partial charge in [-0.15, -0.1) is 0 Å². The van der Waals surface area contributed by atoms with Gasteiger partial charge in [-0.25, -0.2) is 0 Å². The lowest BCUT2D eigenvalue weighted by atomic mass is 10.0. The van der Waals surface area contributed by atoms with Crippen molar-refractivity contribution in [2.45, 2.75) is 38.5 Å². The molecule has 1 aromatic carbocycles. The molecule has 1 aliphatic carbocycles. The molecule has 2 amide bonds. The molecule has 26 heavy (non-hydrogen) atoms. The van der Waals surface area contributed by atoms with Crippen LogP contribution >= 0.6 is 15.9 Å². The summed E-state index contributed by atoms with van der Waals surface area (Å²) in [6, 6.07) is 10.1. The zero-order valence-corrected chi connectivity index (χ0v) is 16.2. The first-order valence-corrected chi connectivity index (χ1v) is 9.86. The number of furan rings is 1. The molecule has 1 aromatic heterocycles. The van der Waals surface area contributed by atoms with Crippen molar-refractivity contribution < 1.29 is 14.0 Å². The molecule has 0 spiro atoms. The molecule has 6 heteroatoms. The first-order chi connectivity index (χ1) is 12.6. The van der Waals surface area contributed by atoms with Gasteiger partial charge < -0.3 is 15.1 Å². The van der Waals surface area contributed by atoms with E-state index in [1.807, 2.05) is 0 Å². The Bertz CT molecular complexity index is 766. The van der Waals surface area contributed by atoms with E-state index in [-0.39, 0.29) is 17.6 Å². The predicted molar refractivity (Wildman–Crippen MR) is 104 cm³/mol. The lowest BCUT2D eigenvalue weighted by Crippen LogP contribution is -2.25. The summed E-state index contributed by atoms with van der Waals surface area (Å²) in [5.41, 5.74) is 1.09. The van der Waals surface area contributed by atoms with Crippen LogP contribution in [0.1, 0.15) is 59.4 Å². The largest absolute Gasteiger partial charge is 0.444 e. The number of hydrogen-bond acceptors (Lipinski definition) is 3. The van der Waals surface area contributed by atoms with E-state index in [0.717, 1.165) is 12.3 Å². The molecule has 1 heterocycles. The van der Waals surface area contributed by atoms with Gasteiger partial charge in [0.05, 0.1) is 0 Å². The van der Waals surface area contributed by atoms with Crippen LogP contribution in [-0.2, 0) is 0 Å². The summed E-state index contributed by atoms with van der Waals surface area (Å²) in [5.74, 6) is 0.573. The van der Waals surface area contributed by atoms with Gasteiger partial charge in [-0.1, -0.05) is 31.7 Å². The molecule has 0 radical (unpaired) electrons. The molecule has 0 unspecified atom stereocenters. The summed E-state index contributed by atoms with van der Waals surface area (Å²) in [6.07, 6.45) is 7.58. The van der Waals surface area contributed by atoms with Crippen molar-refractivity contribution in [2.75, 3.05) is 11.9 Å². The number of rotatable bonds is 7. The number of benzene rings is 1. The smallest absolute Gasteiger partial charge is 0.291 e. The van der Waals surface area contributed by atoms with Gasteiger partial charge in [-0.2, -0.15) is 0 Å². The molecule has 0 atom stereocenters. The SMILES string of the molecule is O=C(NCCCC1CCCC1)c1cccc(NC(=O)c2ccc(Br)o2)c1. The molecule has 0 aliphatic heterocycles. The zero-order valence-electron chi connectivity index (χ0n) is 14.6. The fourth-order valence-electron chi connectivity index (χ4n) is 3.36. The highest BCUT2D eigenvalue weighted by Gasteiger charge is 2.15. The topological polar surface area (TPSA) is 71.3 Å². The maximum atomic E-state index is 12.3. The van der Waals surface area contributed by atoms with Crippen molar-refractivity contribution in [3.8, 4) is 0 Å². The highest BCUT2D eigenvalue weighted by molar-refractivity contribution is 9.10. The van der Waals surface area contributed by atoms with Crippen molar-refractivity contribution >= 4 is 33.4 Å². The maximum Gasteiger partial charge on any atom is 0.291 e. The summed E-state index contributed by atoms with van der Waals surface area (Å²) in [6.45, 7) is 0.687. The van der Waals surface area contributed by atoms with Crippen molar-refractivity contribution in [3.05, 3.63) is 52.4 Å². The van der Waals surface area contributed by atoms with E-state index in [1.165, 1.54) is 32.1 Å². The van der Waals surface area contributed by atoms with Crippen molar-refractivity contribution in [1.29, 1.82) is 0 Å². The van der Waals surface area contributed by atoms with E-state index in [0.29, 0.717) is 22.5 Å². The number of nitrogens with one attached hydrogen (secondary N) is 2. The molecule has 1 saturated carbocycles. The van der Waals surface area contributed by atoms with E-state index in [1.54, 1.807) is 36.4 Å². The molecule has 1 aliphatic rings. The summed E-state index contributed by atoms with van der Waals surface area (Å²) >= 11 is 3.17. The highest BCUT2D eigenvalue weighted by Crippen LogP contribution is 2.28. The number of carbonyl (C=O) groups is 2. The van der Waals surface area contributed by atoms with Gasteiger partial charge in [-0.3, -0.25) is 9.59 Å². The molecule has 0 saturated heterocycles. The van der Waals surface area contributed by atoms with E-state index in [9.17, 15) is 9.59 Å². The molecule has 138 valence electrons. The van der Waals surface area contributed by atoms with Crippen molar-refractivity contribution in [3.63, 3.8) is 0 Å². The zero-order chi connectivity index (χ0) is 18.4. The van der Waals surface area contributed by atoms with E-state index in [2.05, 4.69) is 26.6 Å². The Hall–Kier alpha value is -2.08. The van der Waals surface area contributed by atoms with Crippen LogP contribution in [0.2, 0.25) is 0 Å². The van der Waals surface area contributed by atoms with Crippen LogP contribution in [-0.4, -0.2) is 18.4 Å². The number of hydrogen-bond donors (Lipinski definition) is 2. The summed E-state index contributed by atoms with van der Waals surface area (Å²) in [7, 11) is 0. The fraction of sp³-hybridized carbons (Fsp3) is 0.400. The van der Waals surface area contributed by atoms with Gasteiger partial charge in [0.2, 0.25) is 0 Å². The Kier molecular flexibility index (Phi) is 6.50. The Balaban J connectivity index is 1.49. The monoisotopic (exact) mass is 418 g/mol. The first-order valence-electron chi connectivity index (χ1n) is 9.07. The standard InChI is InChI=1S/C20H23BrN2O3/c21-18-11-10-17(26-18)20(25)23-16-9-3-8-15(13-16)19(24)22-12-4-7-14-5-1-2-6-14/h3,8-11,13-14H,1-2,4-7,12H2,(H,22,24)(H,23,25). The second kappa shape index (κ2) is 9.03. The fourth-order valence-corrected chi connectivity index (χ4v) is 3.67. The second-order valence-electron chi connectivity index (χ2n) is 6.69. The third-order valence-electron chi connectivity index (χ3n) is 4.73. The first kappa shape index (κ1) is 18.7. The Labute approximate surface area is 161 Å². The molecule has 0 bridgehead atoms. The lowest BCUT2D eigenvalue weighted by molar-refractivity contribution is 0.0950. The maximum absolute atomic E-state index is 12.3. The third kappa shape index (κ3) is 5.21. The van der Waals surface area contributed by atoms with Crippen LogP contribution in [0.15, 0.2) is 45.5 Å². The van der Waals surface area contributed by atoms with Crippen LogP contribution < -0.4 is 10.6 Å². The number of amides is 2. The molecular formula is C20H23BrN2O3. The van der Waals surface area contributed by atoms with Crippen LogP contribution in [0.4, 0.5) is 5.69 Å². The molecule has 5 nitrogen and oxygen atoms in total. The van der Waals surface area contributed by atoms with Crippen LogP contribution in [0, 0.1) is 5.92 Å². The van der Waals surface area contributed by atoms with Crippen LogP contribution in [0.5, 0.6) is 0 Å². The second-order valence-corrected chi connectivity index (χ2v) is 7.47. The Morgan fingerprint density at radius 2 is 1.92 bits per heavy atom. The summed E-state index contributed by atoms with van der Waals surface area (Å²) in [4.78, 5) is 24.4. The summed E-state index contributed by atoms with van der Waals surface area (Å²) in [5, 5.41) is 5.70. The van der Waals surface area contributed by atoms with Crippen molar-refractivity contribution in [2.24, 2.45) is 5.92 Å². The van der Waals surface area contributed by atoms with E-state index < -0.39 is 0 Å². The Morgan fingerprint density at radius 1 is 1.12 bits per heavy atom. The Morgan fingerprint density at radius 3 is 2.65 bits per heavy atom. The molecular weight excluding hydrogens is 396 g/mol. The summed E-state index contributed by atoms with van der Waals surface area (Å²) < 4.78 is 5.72. The van der Waals surface area contributed by atoms with Gasteiger partial charge >= 0.3 is 0 Å². The minimum Gasteiger partial charge on any atom is -0.444 e. The predicted octanol–water partition coefficient (Wildman–Crippen LogP) is 4.99. The minimum atomic E-state index is -0.357. The number of anilines is 1. The normalized spacial score (nSPS) is 14.3. The average Bonchev–Trinajstić information content (AvgIpc) is 3.30. The van der Waals surface area contributed by atoms with E-state index >= 15 is 0 Å². The minimum absolute atomic E-state index is 0.117. The van der Waals surface area contributed by atoms with Gasteiger partial charge in [0, 0.05) is 17.8 Å². The van der Waals surface area contributed by atoms with Gasteiger partial charge in [0.25, 0.3) is 11.8 Å². The highest BCUT2D eigenvalue weighted by atomic mass is 79.9. The third-order valence-corrected chi connectivity index (χ3v) is 5.16. The van der Waals surface area contributed by atoms with Crippen LogP contribution in [0.25, 0.3) is 0 Å². The van der Waals surface area contributed by atoms with Crippen molar-refractivity contribution in [1.82, 2.24) is 5.32 Å². The van der Waals surface area contributed by atoms with Gasteiger partial charge in [0.15, 0.2) is 10.4 Å². The molecule has 2 N–H and O–H groups in total. The molecule has 2 aromatic rings. The van der Waals surface area contributed by atoms with Gasteiger partial charge in [0.1, 0.15) is 0 Å². The van der Waals surface area contributed by atoms with Crippen LogP contribution in [0.3, 0.4) is 0 Å². The average molecular weight is 419 g/mol. The number of halogens is 1. The quantitative estimate of drug-likeness (QED) is 0.621. The lowest BCUT2D eigenvalue weighted by Gasteiger charge is -2.10. The van der Waals surface area contributed by atoms with E-state index in [4.69, 9.17) is 4.42 Å². The number of carbonyl (C=O) groups excluding carboxylic acids is 2.